The smallest absolute Gasteiger partial charge is 0.220 e. The molecule has 25 heavy (non-hydrogen) atoms. The fraction of sp³-hybridized carbons (Fsp3) is 0.667. The molecule has 0 rings (SSSR count). The van der Waals surface area contributed by atoms with Gasteiger partial charge in [0.05, 0.1) is 19.3 Å². The normalized spacial score (nSPS) is 12.2. The van der Waals surface area contributed by atoms with E-state index >= 15 is 0 Å². The van der Waals surface area contributed by atoms with E-state index < -0.39 is 6.04 Å². The van der Waals surface area contributed by atoms with Crippen LogP contribution in [-0.4, -0.2) is 35.4 Å². The highest BCUT2D eigenvalue weighted by Crippen LogP contribution is 2.08. The van der Waals surface area contributed by atoms with Crippen molar-refractivity contribution in [3.05, 3.63) is 36.5 Å². The van der Waals surface area contributed by atoms with Crippen molar-refractivity contribution >= 4 is 5.91 Å². The predicted molar refractivity (Wildman–Crippen MR) is 105 cm³/mol. The lowest BCUT2D eigenvalue weighted by Gasteiger charge is -2.12. The Bertz CT molecular complexity index is 385. The average Bonchev–Trinajstić information content (AvgIpc) is 2.62. The minimum Gasteiger partial charge on any atom is -0.394 e. The van der Waals surface area contributed by atoms with Gasteiger partial charge in [0.1, 0.15) is 0 Å². The lowest BCUT2D eigenvalue weighted by molar-refractivity contribution is -0.122. The molecule has 0 radical (unpaired) electrons. The summed E-state index contributed by atoms with van der Waals surface area (Å²) in [6, 6.07) is -0.526. The number of rotatable bonds is 16. The molecule has 4 heteroatoms. The molecule has 0 unspecified atom stereocenters. The van der Waals surface area contributed by atoms with Crippen molar-refractivity contribution in [2.75, 3.05) is 13.2 Å². The Morgan fingerprint density at radius 3 is 2.04 bits per heavy atom. The summed E-state index contributed by atoms with van der Waals surface area (Å²) in [5.74, 6) is -0.0886. The van der Waals surface area contributed by atoms with Crippen molar-refractivity contribution < 1.29 is 15.0 Å². The minimum atomic E-state index is -0.526. The second kappa shape index (κ2) is 18.9. The number of aliphatic hydroxyl groups is 2. The zero-order valence-electron chi connectivity index (χ0n) is 15.8. The number of unbranched alkanes of at least 4 members (excludes halogenated alkanes) is 5. The van der Waals surface area contributed by atoms with Crippen LogP contribution in [0.15, 0.2) is 36.5 Å². The maximum Gasteiger partial charge on any atom is 0.220 e. The Morgan fingerprint density at radius 2 is 1.40 bits per heavy atom. The van der Waals surface area contributed by atoms with E-state index in [0.29, 0.717) is 6.42 Å². The highest BCUT2D eigenvalue weighted by molar-refractivity contribution is 5.76. The molecule has 0 saturated heterocycles. The molecule has 144 valence electrons. The van der Waals surface area contributed by atoms with E-state index in [0.717, 1.165) is 44.9 Å². The first kappa shape index (κ1) is 23.6. The van der Waals surface area contributed by atoms with E-state index in [1.165, 1.54) is 12.8 Å². The van der Waals surface area contributed by atoms with Crippen LogP contribution < -0.4 is 5.32 Å². The maximum atomic E-state index is 11.6. The molecule has 1 amide bonds. The SMILES string of the molecule is CCC=CCC=CCC=CCCCCCCCC(=O)NC(CO)CO. The molecule has 0 heterocycles. The molecule has 0 aliphatic heterocycles. The summed E-state index contributed by atoms with van der Waals surface area (Å²) in [7, 11) is 0. The van der Waals surface area contributed by atoms with E-state index in [2.05, 4.69) is 48.7 Å². The van der Waals surface area contributed by atoms with Gasteiger partial charge >= 0.3 is 0 Å². The van der Waals surface area contributed by atoms with Crippen LogP contribution >= 0.6 is 0 Å². The maximum absolute atomic E-state index is 11.6. The number of amides is 1. The number of hydrogen-bond donors (Lipinski definition) is 3. The Kier molecular flexibility index (Phi) is 17.9. The molecule has 4 nitrogen and oxygen atoms in total. The lowest BCUT2D eigenvalue weighted by Crippen LogP contribution is -2.39. The number of hydrogen-bond acceptors (Lipinski definition) is 3. The molecule has 0 bridgehead atoms. The third-order valence-corrected chi connectivity index (χ3v) is 3.86. The Hall–Kier alpha value is -1.39. The molecule has 0 aromatic heterocycles. The van der Waals surface area contributed by atoms with Crippen molar-refractivity contribution in [2.45, 2.75) is 77.2 Å². The van der Waals surface area contributed by atoms with E-state index in [1.54, 1.807) is 0 Å². The molecule has 0 aromatic carbocycles. The Morgan fingerprint density at radius 1 is 0.840 bits per heavy atom. The first-order valence-corrected chi connectivity index (χ1v) is 9.70. The zero-order valence-corrected chi connectivity index (χ0v) is 15.8. The molecular weight excluding hydrogens is 314 g/mol. The molecule has 0 aromatic rings. The molecule has 3 N–H and O–H groups in total. The van der Waals surface area contributed by atoms with Crippen LogP contribution in [0.5, 0.6) is 0 Å². The highest BCUT2D eigenvalue weighted by Gasteiger charge is 2.09. The van der Waals surface area contributed by atoms with E-state index in [-0.39, 0.29) is 19.1 Å². The van der Waals surface area contributed by atoms with Gasteiger partial charge in [0.15, 0.2) is 0 Å². The summed E-state index contributed by atoms with van der Waals surface area (Å²) in [4.78, 5) is 11.6. The van der Waals surface area contributed by atoms with Crippen LogP contribution in [-0.2, 0) is 4.79 Å². The highest BCUT2D eigenvalue weighted by atomic mass is 16.3. The summed E-state index contributed by atoms with van der Waals surface area (Å²) < 4.78 is 0. The van der Waals surface area contributed by atoms with Gasteiger partial charge in [0, 0.05) is 6.42 Å². The number of nitrogens with one attached hydrogen (secondary N) is 1. The zero-order chi connectivity index (χ0) is 18.6. The number of aliphatic hydroxyl groups excluding tert-OH is 2. The van der Waals surface area contributed by atoms with Crippen molar-refractivity contribution in [1.82, 2.24) is 5.32 Å². The van der Waals surface area contributed by atoms with Gasteiger partial charge in [-0.25, -0.2) is 0 Å². The van der Waals surface area contributed by atoms with Crippen molar-refractivity contribution in [1.29, 1.82) is 0 Å². The van der Waals surface area contributed by atoms with E-state index in [4.69, 9.17) is 10.2 Å². The molecule has 0 spiro atoms. The van der Waals surface area contributed by atoms with E-state index in [9.17, 15) is 4.79 Å². The monoisotopic (exact) mass is 351 g/mol. The van der Waals surface area contributed by atoms with Crippen molar-refractivity contribution in [3.8, 4) is 0 Å². The van der Waals surface area contributed by atoms with Crippen LogP contribution in [0.2, 0.25) is 0 Å². The van der Waals surface area contributed by atoms with Gasteiger partial charge in [-0.3, -0.25) is 4.79 Å². The lowest BCUT2D eigenvalue weighted by atomic mass is 10.1. The first-order chi connectivity index (χ1) is 12.2. The second-order valence-corrected chi connectivity index (χ2v) is 6.23. The Balaban J connectivity index is 3.39. The molecule has 0 aliphatic carbocycles. The van der Waals surface area contributed by atoms with Gasteiger partial charge in [-0.15, -0.1) is 0 Å². The van der Waals surface area contributed by atoms with Gasteiger partial charge in [0.25, 0.3) is 0 Å². The number of carbonyl (C=O) groups excluding carboxylic acids is 1. The molecule has 0 saturated carbocycles. The van der Waals surface area contributed by atoms with Gasteiger partial charge < -0.3 is 15.5 Å². The van der Waals surface area contributed by atoms with Crippen LogP contribution in [0.3, 0.4) is 0 Å². The van der Waals surface area contributed by atoms with Crippen LogP contribution in [0.25, 0.3) is 0 Å². The van der Waals surface area contributed by atoms with Gasteiger partial charge in [-0.05, 0) is 38.5 Å². The van der Waals surface area contributed by atoms with Crippen LogP contribution in [0, 0.1) is 0 Å². The molecule has 0 atom stereocenters. The summed E-state index contributed by atoms with van der Waals surface area (Å²) in [6.45, 7) is 1.70. The van der Waals surface area contributed by atoms with E-state index in [1.807, 2.05) is 0 Å². The second-order valence-electron chi connectivity index (χ2n) is 6.23. The number of allylic oxidation sites excluding steroid dienone is 6. The fourth-order valence-corrected chi connectivity index (χ4v) is 2.35. The standard InChI is InChI=1S/C21H37NO3/c1-2-3-4-5-6-7-8-9-10-11-12-13-14-15-16-17-21(25)22-20(18-23)19-24/h3-4,6-7,9-10,20,23-24H,2,5,8,11-19H2,1H3,(H,22,25). The predicted octanol–water partition coefficient (Wildman–Crippen LogP) is 4.05. The summed E-state index contributed by atoms with van der Waals surface area (Å²) >= 11 is 0. The average molecular weight is 352 g/mol. The third-order valence-electron chi connectivity index (χ3n) is 3.86. The number of carbonyl (C=O) groups is 1. The van der Waals surface area contributed by atoms with Crippen molar-refractivity contribution in [2.24, 2.45) is 0 Å². The molecule has 0 fully saturated rings. The van der Waals surface area contributed by atoms with Gasteiger partial charge in [-0.2, -0.15) is 0 Å². The minimum absolute atomic E-state index is 0.0886. The summed E-state index contributed by atoms with van der Waals surface area (Å²) in [5, 5.41) is 20.4. The Labute approximate surface area is 153 Å². The van der Waals surface area contributed by atoms with Gasteiger partial charge in [0.2, 0.25) is 5.91 Å². The topological polar surface area (TPSA) is 69.6 Å². The van der Waals surface area contributed by atoms with Crippen LogP contribution in [0.1, 0.15) is 71.1 Å². The molecular formula is C21H37NO3. The van der Waals surface area contributed by atoms with Crippen molar-refractivity contribution in [3.63, 3.8) is 0 Å². The summed E-state index contributed by atoms with van der Waals surface area (Å²) in [6.07, 6.45) is 23.5. The summed E-state index contributed by atoms with van der Waals surface area (Å²) in [5.41, 5.74) is 0. The van der Waals surface area contributed by atoms with Gasteiger partial charge in [-0.1, -0.05) is 62.6 Å². The molecule has 0 aliphatic rings. The largest absolute Gasteiger partial charge is 0.394 e. The first-order valence-electron chi connectivity index (χ1n) is 9.70. The fourth-order valence-electron chi connectivity index (χ4n) is 2.35. The third kappa shape index (κ3) is 17.2. The quantitative estimate of drug-likeness (QED) is 0.290. The van der Waals surface area contributed by atoms with Crippen LogP contribution in [0.4, 0.5) is 0 Å².